The van der Waals surface area contributed by atoms with Crippen LogP contribution in [-0.4, -0.2) is 25.2 Å². The number of nitrogens with one attached hydrogen (secondary N) is 2. The zero-order valence-corrected chi connectivity index (χ0v) is 9.41. The van der Waals surface area contributed by atoms with E-state index < -0.39 is 6.09 Å². The van der Waals surface area contributed by atoms with Crippen LogP contribution in [0.5, 0.6) is 0 Å². The summed E-state index contributed by atoms with van der Waals surface area (Å²) in [6.45, 7) is 1.62. The normalized spacial score (nSPS) is 19.0. The molecule has 5 heteroatoms. The second-order valence-electron chi connectivity index (χ2n) is 4.00. The van der Waals surface area contributed by atoms with Crippen molar-refractivity contribution < 1.29 is 13.9 Å². The van der Waals surface area contributed by atoms with Crippen LogP contribution < -0.4 is 10.6 Å². The summed E-state index contributed by atoms with van der Waals surface area (Å²) in [4.78, 5) is 11.4. The number of hydrogen-bond donors (Lipinski definition) is 2. The van der Waals surface area contributed by atoms with E-state index in [-0.39, 0.29) is 18.5 Å². The number of alkyl carbamates (subject to hydrolysis) is 1. The van der Waals surface area contributed by atoms with Crippen molar-refractivity contribution >= 4 is 6.09 Å². The van der Waals surface area contributed by atoms with Crippen molar-refractivity contribution in [2.24, 2.45) is 0 Å². The Bertz CT molecular complexity index is 392. The zero-order valence-electron chi connectivity index (χ0n) is 9.41. The summed E-state index contributed by atoms with van der Waals surface area (Å²) in [5.41, 5.74) is 0.382. The monoisotopic (exact) mass is 238 g/mol. The van der Waals surface area contributed by atoms with Crippen LogP contribution in [0.25, 0.3) is 0 Å². The van der Waals surface area contributed by atoms with E-state index in [0.717, 1.165) is 19.5 Å². The number of rotatable bonds is 3. The molecule has 1 unspecified atom stereocenters. The van der Waals surface area contributed by atoms with E-state index in [1.165, 1.54) is 6.07 Å². The molecule has 1 amide bonds. The Labute approximate surface area is 99.2 Å². The van der Waals surface area contributed by atoms with Crippen LogP contribution in [0.4, 0.5) is 9.18 Å². The minimum atomic E-state index is -0.498. The van der Waals surface area contributed by atoms with E-state index in [0.29, 0.717) is 5.56 Å². The molecule has 1 aliphatic rings. The van der Waals surface area contributed by atoms with Gasteiger partial charge in [-0.2, -0.15) is 0 Å². The van der Waals surface area contributed by atoms with Crippen LogP contribution in [0.1, 0.15) is 12.0 Å². The Morgan fingerprint density at radius 3 is 3.06 bits per heavy atom. The van der Waals surface area contributed by atoms with Crippen LogP contribution in [-0.2, 0) is 11.3 Å². The number of carbonyl (C=O) groups is 1. The Kier molecular flexibility index (Phi) is 3.93. The van der Waals surface area contributed by atoms with E-state index in [2.05, 4.69) is 10.6 Å². The van der Waals surface area contributed by atoms with Crippen molar-refractivity contribution in [1.29, 1.82) is 0 Å². The van der Waals surface area contributed by atoms with Gasteiger partial charge in [-0.25, -0.2) is 9.18 Å². The molecule has 1 aromatic carbocycles. The molecule has 1 aliphatic heterocycles. The summed E-state index contributed by atoms with van der Waals surface area (Å²) in [5, 5.41) is 5.85. The van der Waals surface area contributed by atoms with Crippen molar-refractivity contribution in [2.75, 3.05) is 13.1 Å². The van der Waals surface area contributed by atoms with Gasteiger partial charge in [0.1, 0.15) is 12.4 Å². The highest BCUT2D eigenvalue weighted by Crippen LogP contribution is 2.07. The van der Waals surface area contributed by atoms with Crippen LogP contribution in [0, 0.1) is 5.82 Å². The number of hydrogen-bond acceptors (Lipinski definition) is 3. The Hall–Kier alpha value is -1.62. The van der Waals surface area contributed by atoms with Gasteiger partial charge in [0.15, 0.2) is 0 Å². The van der Waals surface area contributed by atoms with Gasteiger partial charge in [-0.15, -0.1) is 0 Å². The van der Waals surface area contributed by atoms with Crippen LogP contribution in [0.15, 0.2) is 24.3 Å². The zero-order chi connectivity index (χ0) is 12.1. The van der Waals surface area contributed by atoms with Crippen LogP contribution in [0.3, 0.4) is 0 Å². The topological polar surface area (TPSA) is 50.4 Å². The first-order valence-corrected chi connectivity index (χ1v) is 5.63. The smallest absolute Gasteiger partial charge is 0.407 e. The fourth-order valence-corrected chi connectivity index (χ4v) is 1.74. The number of halogens is 1. The molecule has 0 spiro atoms. The van der Waals surface area contributed by atoms with Gasteiger partial charge in [-0.05, 0) is 19.0 Å². The molecule has 1 saturated heterocycles. The molecule has 0 aliphatic carbocycles. The summed E-state index contributed by atoms with van der Waals surface area (Å²) in [5.74, 6) is -0.358. The molecule has 1 fully saturated rings. The number of amides is 1. The second kappa shape index (κ2) is 5.63. The molecule has 17 heavy (non-hydrogen) atoms. The van der Waals surface area contributed by atoms with Gasteiger partial charge in [0, 0.05) is 18.2 Å². The molecule has 0 radical (unpaired) electrons. The number of benzene rings is 1. The Morgan fingerprint density at radius 1 is 1.53 bits per heavy atom. The van der Waals surface area contributed by atoms with E-state index in [4.69, 9.17) is 4.74 Å². The lowest BCUT2D eigenvalue weighted by Gasteiger charge is -2.11. The van der Waals surface area contributed by atoms with Crippen LogP contribution in [0.2, 0.25) is 0 Å². The lowest BCUT2D eigenvalue weighted by molar-refractivity contribution is 0.135. The average Bonchev–Trinajstić information content (AvgIpc) is 2.81. The van der Waals surface area contributed by atoms with Gasteiger partial charge in [0.2, 0.25) is 0 Å². The molecule has 0 bridgehead atoms. The summed E-state index contributed by atoms with van der Waals surface area (Å²) in [6.07, 6.45) is 0.399. The Balaban J connectivity index is 1.77. The lowest BCUT2D eigenvalue weighted by Crippen LogP contribution is -2.36. The van der Waals surface area contributed by atoms with Crippen molar-refractivity contribution in [3.05, 3.63) is 35.6 Å². The third-order valence-corrected chi connectivity index (χ3v) is 2.70. The van der Waals surface area contributed by atoms with Crippen molar-refractivity contribution in [3.63, 3.8) is 0 Å². The summed E-state index contributed by atoms with van der Waals surface area (Å²) >= 11 is 0. The SMILES string of the molecule is O=C(NC1CCNC1)OCc1ccccc1F. The largest absolute Gasteiger partial charge is 0.445 e. The molecule has 1 aromatic rings. The standard InChI is InChI=1S/C12H15FN2O2/c13-11-4-2-1-3-9(11)8-17-12(16)15-10-5-6-14-7-10/h1-4,10,14H,5-8H2,(H,15,16). The maximum absolute atomic E-state index is 13.2. The highest BCUT2D eigenvalue weighted by molar-refractivity contribution is 5.67. The summed E-state index contributed by atoms with van der Waals surface area (Å²) in [6, 6.07) is 6.36. The van der Waals surface area contributed by atoms with E-state index in [1.54, 1.807) is 18.2 Å². The predicted octanol–water partition coefficient (Wildman–Crippen LogP) is 1.41. The Morgan fingerprint density at radius 2 is 2.35 bits per heavy atom. The van der Waals surface area contributed by atoms with Crippen molar-refractivity contribution in [1.82, 2.24) is 10.6 Å². The minimum Gasteiger partial charge on any atom is -0.445 e. The van der Waals surface area contributed by atoms with E-state index in [1.807, 2.05) is 0 Å². The molecule has 0 saturated carbocycles. The van der Waals surface area contributed by atoms with Gasteiger partial charge in [-0.1, -0.05) is 18.2 Å². The van der Waals surface area contributed by atoms with Gasteiger partial charge in [0.05, 0.1) is 0 Å². The highest BCUT2D eigenvalue weighted by atomic mass is 19.1. The molecule has 1 atom stereocenters. The van der Waals surface area contributed by atoms with Gasteiger partial charge < -0.3 is 15.4 Å². The first kappa shape index (κ1) is 11.9. The van der Waals surface area contributed by atoms with Crippen molar-refractivity contribution in [3.8, 4) is 0 Å². The fraction of sp³-hybridized carbons (Fsp3) is 0.417. The molecule has 2 rings (SSSR count). The molecule has 92 valence electrons. The highest BCUT2D eigenvalue weighted by Gasteiger charge is 2.17. The lowest BCUT2D eigenvalue weighted by atomic mass is 10.2. The molecule has 4 nitrogen and oxygen atoms in total. The third-order valence-electron chi connectivity index (χ3n) is 2.70. The predicted molar refractivity (Wildman–Crippen MR) is 61.0 cm³/mol. The molecular formula is C12H15FN2O2. The molecule has 1 heterocycles. The molecule has 2 N–H and O–H groups in total. The maximum Gasteiger partial charge on any atom is 0.407 e. The minimum absolute atomic E-state index is 0.0430. The molecular weight excluding hydrogens is 223 g/mol. The summed E-state index contributed by atoms with van der Waals surface area (Å²) < 4.78 is 18.2. The number of ether oxygens (including phenoxy) is 1. The van der Waals surface area contributed by atoms with E-state index >= 15 is 0 Å². The quantitative estimate of drug-likeness (QED) is 0.837. The van der Waals surface area contributed by atoms with Crippen LogP contribution >= 0.6 is 0 Å². The van der Waals surface area contributed by atoms with Crippen molar-refractivity contribution in [2.45, 2.75) is 19.1 Å². The van der Waals surface area contributed by atoms with Gasteiger partial charge in [-0.3, -0.25) is 0 Å². The van der Waals surface area contributed by atoms with Gasteiger partial charge >= 0.3 is 6.09 Å². The summed E-state index contributed by atoms with van der Waals surface area (Å²) in [7, 11) is 0. The first-order valence-electron chi connectivity index (χ1n) is 5.63. The molecule has 0 aromatic heterocycles. The van der Waals surface area contributed by atoms with Gasteiger partial charge in [0.25, 0.3) is 0 Å². The number of carbonyl (C=O) groups excluding carboxylic acids is 1. The second-order valence-corrected chi connectivity index (χ2v) is 4.00. The first-order chi connectivity index (χ1) is 8.25. The third kappa shape index (κ3) is 3.42. The van der Waals surface area contributed by atoms with E-state index in [9.17, 15) is 9.18 Å². The average molecular weight is 238 g/mol. The fourth-order valence-electron chi connectivity index (χ4n) is 1.74. The maximum atomic E-state index is 13.2.